The van der Waals surface area contributed by atoms with Gasteiger partial charge in [0.05, 0.1) is 0 Å². The first kappa shape index (κ1) is 22.6. The lowest BCUT2D eigenvalue weighted by molar-refractivity contribution is -0.116. The molecule has 0 unspecified atom stereocenters. The van der Waals surface area contributed by atoms with Crippen molar-refractivity contribution in [2.24, 2.45) is 5.73 Å². The topological polar surface area (TPSA) is 55.1 Å². The zero-order valence-electron chi connectivity index (χ0n) is 17.2. The van der Waals surface area contributed by atoms with Gasteiger partial charge in [0.15, 0.2) is 0 Å². The van der Waals surface area contributed by atoms with Crippen LogP contribution < -0.4 is 11.1 Å². The van der Waals surface area contributed by atoms with Crippen LogP contribution in [0.25, 0.3) is 0 Å². The van der Waals surface area contributed by atoms with Crippen molar-refractivity contribution in [1.29, 1.82) is 0 Å². The van der Waals surface area contributed by atoms with Gasteiger partial charge in [-0.2, -0.15) is 0 Å². The second kappa shape index (κ2) is 10.3. The summed E-state index contributed by atoms with van der Waals surface area (Å²) in [6.45, 7) is 1.83. The monoisotopic (exact) mass is 426 g/mol. The number of carbonyl (C=O) groups is 1. The standard InChI is InChI=1S/C25H25F3N2O/c1-16(29)11-12-21-23(28)9-4-10-24(21)30-25(31)15-22(17-5-2-7-19(26)13-17)18-6-3-8-20(27)14-18/h2-10,13-14,16,22H,11-12,15,29H2,1H3,(H,30,31)/t16-/m1/s1. The molecule has 3 nitrogen and oxygen atoms in total. The van der Waals surface area contributed by atoms with Crippen LogP contribution in [0.2, 0.25) is 0 Å². The number of carbonyl (C=O) groups excluding carboxylic acids is 1. The number of amides is 1. The maximum Gasteiger partial charge on any atom is 0.225 e. The van der Waals surface area contributed by atoms with E-state index in [1.807, 2.05) is 6.92 Å². The van der Waals surface area contributed by atoms with Gasteiger partial charge in [-0.25, -0.2) is 13.2 Å². The normalized spacial score (nSPS) is 12.1. The second-order valence-electron chi connectivity index (χ2n) is 7.70. The van der Waals surface area contributed by atoms with Gasteiger partial charge in [-0.3, -0.25) is 4.79 Å². The first-order valence-electron chi connectivity index (χ1n) is 10.2. The van der Waals surface area contributed by atoms with Crippen molar-refractivity contribution in [3.8, 4) is 0 Å². The van der Waals surface area contributed by atoms with E-state index in [-0.39, 0.29) is 18.4 Å². The highest BCUT2D eigenvalue weighted by molar-refractivity contribution is 5.92. The van der Waals surface area contributed by atoms with Gasteiger partial charge < -0.3 is 11.1 Å². The van der Waals surface area contributed by atoms with Gasteiger partial charge in [-0.05, 0) is 67.3 Å². The minimum atomic E-state index is -0.563. The Morgan fingerprint density at radius 2 is 1.52 bits per heavy atom. The van der Waals surface area contributed by atoms with Crippen molar-refractivity contribution in [3.05, 3.63) is 101 Å². The van der Waals surface area contributed by atoms with Crippen LogP contribution in [0, 0.1) is 17.5 Å². The molecule has 3 rings (SSSR count). The average molecular weight is 426 g/mol. The van der Waals surface area contributed by atoms with E-state index in [4.69, 9.17) is 5.73 Å². The summed E-state index contributed by atoms with van der Waals surface area (Å²) in [7, 11) is 0. The molecule has 6 heteroatoms. The van der Waals surface area contributed by atoms with Crippen LogP contribution in [0.5, 0.6) is 0 Å². The molecule has 0 heterocycles. The van der Waals surface area contributed by atoms with Gasteiger partial charge in [0.1, 0.15) is 17.5 Å². The van der Waals surface area contributed by atoms with Gasteiger partial charge in [0, 0.05) is 29.6 Å². The number of hydrogen-bond acceptors (Lipinski definition) is 2. The van der Waals surface area contributed by atoms with Crippen molar-refractivity contribution in [3.63, 3.8) is 0 Å². The van der Waals surface area contributed by atoms with E-state index < -0.39 is 23.4 Å². The van der Waals surface area contributed by atoms with Crippen molar-refractivity contribution < 1.29 is 18.0 Å². The third-order valence-corrected chi connectivity index (χ3v) is 5.13. The molecule has 0 aliphatic heterocycles. The molecule has 0 radical (unpaired) electrons. The molecular weight excluding hydrogens is 401 g/mol. The number of hydrogen-bond donors (Lipinski definition) is 2. The second-order valence-corrected chi connectivity index (χ2v) is 7.70. The summed E-state index contributed by atoms with van der Waals surface area (Å²) in [5.41, 5.74) is 7.66. The number of anilines is 1. The van der Waals surface area contributed by atoms with Crippen LogP contribution >= 0.6 is 0 Å². The van der Waals surface area contributed by atoms with Crippen LogP contribution in [0.15, 0.2) is 66.7 Å². The predicted molar refractivity (Wildman–Crippen MR) is 116 cm³/mol. The minimum absolute atomic E-state index is 0.0594. The number of nitrogens with one attached hydrogen (secondary N) is 1. The summed E-state index contributed by atoms with van der Waals surface area (Å²) in [5, 5.41) is 2.77. The number of rotatable bonds is 8. The number of benzene rings is 3. The summed E-state index contributed by atoms with van der Waals surface area (Å²) < 4.78 is 42.0. The van der Waals surface area contributed by atoms with Gasteiger partial charge in [0.25, 0.3) is 0 Å². The highest BCUT2D eigenvalue weighted by Crippen LogP contribution is 2.30. The molecule has 0 saturated heterocycles. The smallest absolute Gasteiger partial charge is 0.225 e. The van der Waals surface area contributed by atoms with Gasteiger partial charge >= 0.3 is 0 Å². The molecule has 3 aromatic carbocycles. The Hall–Kier alpha value is -3.12. The molecule has 1 amide bonds. The fourth-order valence-electron chi connectivity index (χ4n) is 3.56. The highest BCUT2D eigenvalue weighted by Gasteiger charge is 2.21. The molecule has 3 N–H and O–H groups in total. The van der Waals surface area contributed by atoms with E-state index in [1.165, 1.54) is 36.4 Å². The first-order chi connectivity index (χ1) is 14.8. The van der Waals surface area contributed by atoms with Crippen molar-refractivity contribution in [1.82, 2.24) is 0 Å². The van der Waals surface area contributed by atoms with Gasteiger partial charge in [0.2, 0.25) is 5.91 Å². The Morgan fingerprint density at radius 3 is 2.06 bits per heavy atom. The lowest BCUT2D eigenvalue weighted by atomic mass is 9.88. The molecule has 162 valence electrons. The molecule has 3 aromatic rings. The largest absolute Gasteiger partial charge is 0.328 e. The lowest BCUT2D eigenvalue weighted by Gasteiger charge is -2.19. The van der Waals surface area contributed by atoms with Crippen molar-refractivity contribution in [2.45, 2.75) is 38.1 Å². The fourth-order valence-corrected chi connectivity index (χ4v) is 3.56. The van der Waals surface area contributed by atoms with Crippen molar-refractivity contribution in [2.75, 3.05) is 5.32 Å². The van der Waals surface area contributed by atoms with E-state index in [9.17, 15) is 18.0 Å². The molecular formula is C25H25F3N2O. The Kier molecular flexibility index (Phi) is 7.47. The zero-order chi connectivity index (χ0) is 22.4. The Morgan fingerprint density at radius 1 is 0.935 bits per heavy atom. The Bertz CT molecular complexity index is 1010. The molecule has 0 aliphatic carbocycles. The van der Waals surface area contributed by atoms with E-state index in [2.05, 4.69) is 5.32 Å². The average Bonchev–Trinajstić information content (AvgIpc) is 2.71. The first-order valence-corrected chi connectivity index (χ1v) is 10.2. The molecule has 0 saturated carbocycles. The molecule has 0 fully saturated rings. The third-order valence-electron chi connectivity index (χ3n) is 5.13. The molecule has 0 aliphatic rings. The molecule has 31 heavy (non-hydrogen) atoms. The van der Waals surface area contributed by atoms with E-state index in [0.717, 1.165) is 0 Å². The molecule has 0 bridgehead atoms. The highest BCUT2D eigenvalue weighted by atomic mass is 19.1. The van der Waals surface area contributed by atoms with E-state index in [1.54, 1.807) is 30.3 Å². The Balaban J connectivity index is 1.86. The SMILES string of the molecule is C[C@@H](N)CCc1c(F)cccc1NC(=O)CC(c1cccc(F)c1)c1cccc(F)c1. The molecule has 0 aromatic heterocycles. The minimum Gasteiger partial charge on any atom is -0.328 e. The van der Waals surface area contributed by atoms with Crippen molar-refractivity contribution >= 4 is 11.6 Å². The molecule has 1 atom stereocenters. The predicted octanol–water partition coefficient (Wildman–Crippen LogP) is 5.54. The van der Waals surface area contributed by atoms with Crippen LogP contribution in [-0.2, 0) is 11.2 Å². The van der Waals surface area contributed by atoms with Crippen LogP contribution in [0.1, 0.15) is 42.4 Å². The summed E-state index contributed by atoms with van der Waals surface area (Å²) in [6, 6.07) is 16.2. The lowest BCUT2D eigenvalue weighted by Crippen LogP contribution is -2.19. The zero-order valence-corrected chi connectivity index (χ0v) is 17.2. The third kappa shape index (κ3) is 6.18. The summed E-state index contributed by atoms with van der Waals surface area (Å²) >= 11 is 0. The van der Waals surface area contributed by atoms with E-state index in [0.29, 0.717) is 35.2 Å². The van der Waals surface area contributed by atoms with Crippen LogP contribution in [-0.4, -0.2) is 11.9 Å². The summed E-state index contributed by atoms with van der Waals surface area (Å²) in [5.74, 6) is -2.24. The van der Waals surface area contributed by atoms with E-state index >= 15 is 0 Å². The summed E-state index contributed by atoms with van der Waals surface area (Å²) in [6.07, 6.45) is 0.895. The number of halogens is 3. The van der Waals surface area contributed by atoms with Gasteiger partial charge in [-0.1, -0.05) is 30.3 Å². The van der Waals surface area contributed by atoms with Gasteiger partial charge in [-0.15, -0.1) is 0 Å². The maximum atomic E-state index is 14.4. The van der Waals surface area contributed by atoms with Crippen LogP contribution in [0.3, 0.4) is 0 Å². The quantitative estimate of drug-likeness (QED) is 0.497. The van der Waals surface area contributed by atoms with Crippen LogP contribution in [0.4, 0.5) is 18.9 Å². The Labute approximate surface area is 180 Å². The molecule has 0 spiro atoms. The summed E-state index contributed by atoms with van der Waals surface area (Å²) in [4.78, 5) is 12.9. The fraction of sp³-hybridized carbons (Fsp3) is 0.240. The maximum absolute atomic E-state index is 14.4. The number of nitrogens with two attached hydrogens (primary N) is 1.